The van der Waals surface area contributed by atoms with Gasteiger partial charge >= 0.3 is 0 Å². The average Bonchev–Trinajstić information content (AvgIpc) is 2.79. The number of hydrogen-bond donors (Lipinski definition) is 1. The van der Waals surface area contributed by atoms with Crippen molar-refractivity contribution in [2.75, 3.05) is 0 Å². The van der Waals surface area contributed by atoms with Crippen molar-refractivity contribution in [2.24, 2.45) is 0 Å². The minimum absolute atomic E-state index is 0.134. The lowest BCUT2D eigenvalue weighted by molar-refractivity contribution is 0.0924. The Balaban J connectivity index is 2.17. The third kappa shape index (κ3) is 1.89. The van der Waals surface area contributed by atoms with Gasteiger partial charge in [-0.25, -0.2) is 0 Å². The summed E-state index contributed by atoms with van der Waals surface area (Å²) < 4.78 is 32.7. The van der Waals surface area contributed by atoms with Gasteiger partial charge < -0.3 is 0 Å². The average molecular weight is 361 g/mol. The zero-order chi connectivity index (χ0) is 17.2. The van der Waals surface area contributed by atoms with Crippen LogP contribution in [0.5, 0.6) is 0 Å². The van der Waals surface area contributed by atoms with E-state index in [9.17, 15) is 27.4 Å². The number of Topliss-reactive ketones (excluding diaryl/α,β-unsaturated/α-hetero) is 2. The fourth-order valence-electron chi connectivity index (χ4n) is 2.82. The van der Waals surface area contributed by atoms with Crippen LogP contribution in [0, 0.1) is 0 Å². The van der Waals surface area contributed by atoms with Gasteiger partial charge in [0.2, 0.25) is 11.0 Å². The zero-order valence-corrected chi connectivity index (χ0v) is 13.3. The van der Waals surface area contributed by atoms with Crippen LogP contribution in [0.3, 0.4) is 0 Å². The van der Waals surface area contributed by atoms with E-state index in [1.165, 1.54) is 0 Å². The molecule has 1 aromatic carbocycles. The lowest BCUT2D eigenvalue weighted by Gasteiger charge is -2.04. The number of fused-ring (bicyclic) bond motifs is 4. The molecule has 1 aliphatic carbocycles. The van der Waals surface area contributed by atoms with Crippen LogP contribution in [0.2, 0.25) is 0 Å². The van der Waals surface area contributed by atoms with Crippen LogP contribution in [0.4, 0.5) is 0 Å². The molecule has 0 spiro atoms. The maximum Gasteiger partial charge on any atom is 0.283 e. The summed E-state index contributed by atoms with van der Waals surface area (Å²) in [5.41, 5.74) is -0.903. The van der Waals surface area contributed by atoms with Gasteiger partial charge in [0.1, 0.15) is 5.69 Å². The summed E-state index contributed by atoms with van der Waals surface area (Å²) in [4.78, 5) is 40.9. The first-order valence-corrected chi connectivity index (χ1v) is 9.02. The van der Waals surface area contributed by atoms with Gasteiger partial charge in [0.05, 0.1) is 15.6 Å². The maximum absolute atomic E-state index is 12.6. The Morgan fingerprint density at radius 3 is 2.46 bits per heavy atom. The molecular weight excluding hydrogens is 354 g/mol. The number of carbonyl (C=O) groups excluding carboxylic acids is 2. The number of carbonyl (C=O) groups is 2. The van der Waals surface area contributed by atoms with Crippen LogP contribution >= 0.6 is 11.3 Å². The lowest BCUT2D eigenvalue weighted by Crippen LogP contribution is -2.31. The monoisotopic (exact) mass is 361 g/mol. The SMILES string of the molecule is O=C1c2ncc3c(=O)c4ccccc4sc3c2C(=O)C1S(=O)(=O)O. The van der Waals surface area contributed by atoms with E-state index in [-0.39, 0.29) is 26.8 Å². The summed E-state index contributed by atoms with van der Waals surface area (Å²) in [5.74, 6) is -2.13. The molecule has 0 bridgehead atoms. The predicted molar refractivity (Wildman–Crippen MR) is 87.4 cm³/mol. The van der Waals surface area contributed by atoms with Crippen molar-refractivity contribution in [3.63, 3.8) is 0 Å². The zero-order valence-electron chi connectivity index (χ0n) is 11.7. The number of aromatic nitrogens is 1. The molecule has 3 aromatic rings. The van der Waals surface area contributed by atoms with E-state index in [1.54, 1.807) is 24.3 Å². The Morgan fingerprint density at radius 1 is 1.04 bits per heavy atom. The Kier molecular flexibility index (Phi) is 2.99. The van der Waals surface area contributed by atoms with Gasteiger partial charge in [-0.1, -0.05) is 12.1 Å². The minimum atomic E-state index is -4.90. The van der Waals surface area contributed by atoms with Crippen LogP contribution in [0.15, 0.2) is 35.3 Å². The Labute approximate surface area is 138 Å². The van der Waals surface area contributed by atoms with Crippen LogP contribution in [0.25, 0.3) is 20.2 Å². The fourth-order valence-corrected chi connectivity index (χ4v) is 4.78. The van der Waals surface area contributed by atoms with E-state index in [0.29, 0.717) is 10.1 Å². The molecule has 120 valence electrons. The standard InChI is InChI=1S/C15H7NO6S2/c17-11-6-3-1-2-4-8(6)23-14-7(11)5-16-10-9(14)12(18)15(13(10)19)24(20,21)22/h1-5,15H,(H,20,21,22). The summed E-state index contributed by atoms with van der Waals surface area (Å²) in [6.45, 7) is 0. The molecule has 7 nitrogen and oxygen atoms in total. The molecule has 2 aromatic heterocycles. The third-order valence-electron chi connectivity index (χ3n) is 3.87. The lowest BCUT2D eigenvalue weighted by atomic mass is 10.1. The molecule has 9 heteroatoms. The topological polar surface area (TPSA) is 118 Å². The Morgan fingerprint density at radius 2 is 1.75 bits per heavy atom. The van der Waals surface area contributed by atoms with Gasteiger partial charge in [0, 0.05) is 16.3 Å². The van der Waals surface area contributed by atoms with E-state index in [4.69, 9.17) is 0 Å². The molecule has 0 saturated carbocycles. The fraction of sp³-hybridized carbons (Fsp3) is 0.0667. The molecule has 0 amide bonds. The van der Waals surface area contributed by atoms with Gasteiger partial charge in [0.15, 0.2) is 11.2 Å². The first-order valence-electron chi connectivity index (χ1n) is 6.70. The highest BCUT2D eigenvalue weighted by atomic mass is 32.2. The van der Waals surface area contributed by atoms with Crippen molar-refractivity contribution in [1.82, 2.24) is 4.98 Å². The molecule has 4 rings (SSSR count). The van der Waals surface area contributed by atoms with Gasteiger partial charge in [-0.3, -0.25) is 23.9 Å². The van der Waals surface area contributed by atoms with Gasteiger partial charge in [-0.05, 0) is 12.1 Å². The smallest absolute Gasteiger partial charge is 0.283 e. The second-order valence-corrected chi connectivity index (χ2v) is 7.83. The quantitative estimate of drug-likeness (QED) is 0.396. The normalized spacial score (nSPS) is 17.6. The highest BCUT2D eigenvalue weighted by Gasteiger charge is 2.49. The van der Waals surface area contributed by atoms with Crippen LogP contribution in [-0.4, -0.2) is 34.8 Å². The van der Waals surface area contributed by atoms with Crippen LogP contribution in [0.1, 0.15) is 20.8 Å². The Bertz CT molecular complexity index is 1240. The van der Waals surface area contributed by atoms with Crippen molar-refractivity contribution in [1.29, 1.82) is 0 Å². The summed E-state index contributed by atoms with van der Waals surface area (Å²) in [6.07, 6.45) is 1.16. The third-order valence-corrected chi connectivity index (χ3v) is 6.10. The van der Waals surface area contributed by atoms with E-state index < -0.39 is 26.9 Å². The number of hydrogen-bond acceptors (Lipinski definition) is 7. The van der Waals surface area contributed by atoms with E-state index in [0.717, 1.165) is 17.5 Å². The van der Waals surface area contributed by atoms with Gasteiger partial charge in [-0.2, -0.15) is 8.42 Å². The molecule has 0 aliphatic heterocycles. The number of ketones is 2. The Hall–Kier alpha value is -2.49. The summed E-state index contributed by atoms with van der Waals surface area (Å²) in [7, 11) is -4.90. The molecule has 0 saturated heterocycles. The number of nitrogens with zero attached hydrogens (tertiary/aromatic N) is 1. The second kappa shape index (κ2) is 4.76. The first kappa shape index (κ1) is 15.1. The molecule has 2 heterocycles. The van der Waals surface area contributed by atoms with Crippen LogP contribution < -0.4 is 5.43 Å². The first-order chi connectivity index (χ1) is 11.3. The van der Waals surface area contributed by atoms with E-state index in [2.05, 4.69) is 4.98 Å². The number of rotatable bonds is 1. The summed E-state index contributed by atoms with van der Waals surface area (Å²) in [5, 5.41) is -1.63. The largest absolute Gasteiger partial charge is 0.292 e. The van der Waals surface area contributed by atoms with Crippen LogP contribution in [-0.2, 0) is 10.1 Å². The molecular formula is C15H7NO6S2. The highest BCUT2D eigenvalue weighted by molar-refractivity contribution is 7.88. The summed E-state index contributed by atoms with van der Waals surface area (Å²) in [6, 6.07) is 6.75. The molecule has 24 heavy (non-hydrogen) atoms. The van der Waals surface area contributed by atoms with Crippen molar-refractivity contribution < 1.29 is 22.6 Å². The molecule has 1 aliphatic rings. The summed E-state index contributed by atoms with van der Waals surface area (Å²) >= 11 is 1.10. The molecule has 1 atom stereocenters. The molecule has 1 N–H and O–H groups in total. The second-order valence-electron chi connectivity index (χ2n) is 5.28. The molecule has 0 fully saturated rings. The van der Waals surface area contributed by atoms with Crippen molar-refractivity contribution >= 4 is 53.2 Å². The van der Waals surface area contributed by atoms with Crippen molar-refractivity contribution in [3.05, 3.63) is 51.9 Å². The van der Waals surface area contributed by atoms with Gasteiger partial charge in [0.25, 0.3) is 10.1 Å². The minimum Gasteiger partial charge on any atom is -0.292 e. The van der Waals surface area contributed by atoms with E-state index in [1.807, 2.05) is 0 Å². The predicted octanol–water partition coefficient (Wildman–Crippen LogP) is 1.45. The molecule has 0 radical (unpaired) electrons. The maximum atomic E-state index is 12.6. The van der Waals surface area contributed by atoms with E-state index >= 15 is 0 Å². The van der Waals surface area contributed by atoms with Crippen molar-refractivity contribution in [3.8, 4) is 0 Å². The molecule has 1 unspecified atom stereocenters. The number of pyridine rings is 1. The number of benzene rings is 1. The van der Waals surface area contributed by atoms with Gasteiger partial charge in [-0.15, -0.1) is 11.3 Å². The highest BCUT2D eigenvalue weighted by Crippen LogP contribution is 2.34. The van der Waals surface area contributed by atoms with Crippen molar-refractivity contribution in [2.45, 2.75) is 5.25 Å².